The molecule has 1 amide bonds. The van der Waals surface area contributed by atoms with E-state index in [-0.39, 0.29) is 5.69 Å². The molecule has 0 saturated carbocycles. The van der Waals surface area contributed by atoms with Crippen molar-refractivity contribution < 1.29 is 13.2 Å². The summed E-state index contributed by atoms with van der Waals surface area (Å²) in [5.41, 5.74) is 1.09. The van der Waals surface area contributed by atoms with Gasteiger partial charge in [0, 0.05) is 12.7 Å². The Hall–Kier alpha value is -3.07. The predicted octanol–water partition coefficient (Wildman–Crippen LogP) is 1.79. The van der Waals surface area contributed by atoms with Crippen molar-refractivity contribution in [3.8, 4) is 0 Å². The Kier molecular flexibility index (Phi) is 4.09. The summed E-state index contributed by atoms with van der Waals surface area (Å²) in [6, 6.07) is 12.7. The average Bonchev–Trinajstić information content (AvgIpc) is 2.78. The number of aromatic nitrogens is 2. The minimum atomic E-state index is -3.48. The summed E-state index contributed by atoms with van der Waals surface area (Å²) < 4.78 is 27.4. The number of amides is 1. The number of nitrogens with zero attached hydrogens (tertiary/aromatic N) is 2. The molecule has 3 aromatic rings. The van der Waals surface area contributed by atoms with E-state index in [0.29, 0.717) is 16.7 Å². The quantitative estimate of drug-likeness (QED) is 0.743. The summed E-state index contributed by atoms with van der Waals surface area (Å²) in [4.78, 5) is 25.0. The molecule has 0 aliphatic carbocycles. The van der Waals surface area contributed by atoms with Crippen LogP contribution in [0.1, 0.15) is 0 Å². The highest BCUT2D eigenvalue weighted by atomic mass is 32.2. The highest BCUT2D eigenvalue weighted by molar-refractivity contribution is 7.92. The topological polar surface area (TPSA) is 102 Å². The lowest BCUT2D eigenvalue weighted by Gasteiger charge is -2.07. The maximum absolute atomic E-state index is 12.6. The normalized spacial score (nSPS) is 11.4. The van der Waals surface area contributed by atoms with Gasteiger partial charge in [-0.1, -0.05) is 18.2 Å². The number of hydrogen-bond donors (Lipinski definition) is 2. The maximum atomic E-state index is 12.6. The van der Waals surface area contributed by atoms with Gasteiger partial charge in [-0.15, -0.1) is 0 Å². The number of carbonyl (C=O) groups excluding carboxylic acids is 1. The molecule has 1 aromatic heterocycles. The van der Waals surface area contributed by atoms with Crippen molar-refractivity contribution >= 4 is 38.5 Å². The van der Waals surface area contributed by atoms with Crippen LogP contribution < -0.4 is 15.7 Å². The standard InChI is InChI=1S/C16H16N4O4S/c1-19-13-9-8-12(18-25(2,23)24)10-14(13)20(16(19)22)15(21)17-11-6-4-3-5-7-11/h3-10,18H,1-2H3,(H,17,21). The van der Waals surface area contributed by atoms with Crippen LogP contribution in [0.4, 0.5) is 16.2 Å². The van der Waals surface area contributed by atoms with E-state index in [0.717, 1.165) is 10.8 Å². The molecule has 9 heteroatoms. The first kappa shape index (κ1) is 16.8. The van der Waals surface area contributed by atoms with Gasteiger partial charge in [0.2, 0.25) is 10.0 Å². The van der Waals surface area contributed by atoms with E-state index in [1.807, 2.05) is 6.07 Å². The van der Waals surface area contributed by atoms with Crippen molar-refractivity contribution in [1.29, 1.82) is 0 Å². The summed E-state index contributed by atoms with van der Waals surface area (Å²) in [5.74, 6) is 0. The Balaban J connectivity index is 2.10. The van der Waals surface area contributed by atoms with Gasteiger partial charge in [-0.3, -0.25) is 9.29 Å². The minimum Gasteiger partial charge on any atom is -0.307 e. The summed E-state index contributed by atoms with van der Waals surface area (Å²) in [5, 5.41) is 2.64. The maximum Gasteiger partial charge on any atom is 0.337 e. The molecule has 8 nitrogen and oxygen atoms in total. The third-order valence-corrected chi connectivity index (χ3v) is 4.19. The van der Waals surface area contributed by atoms with Crippen LogP contribution in [0.25, 0.3) is 11.0 Å². The fraction of sp³-hybridized carbons (Fsp3) is 0.125. The molecule has 3 rings (SSSR count). The van der Waals surface area contributed by atoms with Gasteiger partial charge in [0.15, 0.2) is 0 Å². The molecular weight excluding hydrogens is 344 g/mol. The van der Waals surface area contributed by atoms with Crippen LogP contribution in [-0.2, 0) is 17.1 Å². The van der Waals surface area contributed by atoms with Crippen LogP contribution in [-0.4, -0.2) is 29.8 Å². The molecule has 0 aliphatic heterocycles. The summed E-state index contributed by atoms with van der Waals surface area (Å²) in [7, 11) is -1.93. The second-order valence-electron chi connectivity index (χ2n) is 5.55. The number of rotatable bonds is 3. The lowest BCUT2D eigenvalue weighted by atomic mass is 10.3. The second-order valence-corrected chi connectivity index (χ2v) is 7.30. The number of fused-ring (bicyclic) bond motifs is 1. The van der Waals surface area contributed by atoms with Crippen molar-refractivity contribution in [2.45, 2.75) is 0 Å². The largest absolute Gasteiger partial charge is 0.337 e. The van der Waals surface area contributed by atoms with Gasteiger partial charge in [-0.25, -0.2) is 22.6 Å². The smallest absolute Gasteiger partial charge is 0.307 e. The van der Waals surface area contributed by atoms with Crippen LogP contribution in [0.3, 0.4) is 0 Å². The third-order valence-electron chi connectivity index (χ3n) is 3.59. The minimum absolute atomic E-state index is 0.266. The van der Waals surface area contributed by atoms with Crippen LogP contribution in [0.2, 0.25) is 0 Å². The molecule has 2 N–H and O–H groups in total. The number of hydrogen-bond acceptors (Lipinski definition) is 4. The monoisotopic (exact) mass is 360 g/mol. The molecule has 0 fully saturated rings. The first-order valence-corrected chi connectivity index (χ1v) is 9.21. The molecule has 0 unspecified atom stereocenters. The number of aryl methyl sites for hydroxylation is 1. The van der Waals surface area contributed by atoms with Crippen molar-refractivity contribution in [2.24, 2.45) is 7.05 Å². The highest BCUT2D eigenvalue weighted by Gasteiger charge is 2.18. The number of imidazole rings is 1. The number of anilines is 2. The molecule has 0 bridgehead atoms. The zero-order valence-corrected chi connectivity index (χ0v) is 14.4. The third kappa shape index (κ3) is 3.41. The highest BCUT2D eigenvalue weighted by Crippen LogP contribution is 2.19. The SMILES string of the molecule is Cn1c(=O)n(C(=O)Nc2ccccc2)c2cc(NS(C)(=O)=O)ccc21. The van der Waals surface area contributed by atoms with Crippen LogP contribution >= 0.6 is 0 Å². The Bertz CT molecular complexity index is 1110. The zero-order valence-electron chi connectivity index (χ0n) is 13.6. The molecule has 130 valence electrons. The first-order chi connectivity index (χ1) is 11.8. The molecule has 25 heavy (non-hydrogen) atoms. The lowest BCUT2D eigenvalue weighted by Crippen LogP contribution is -2.31. The van der Waals surface area contributed by atoms with E-state index < -0.39 is 21.7 Å². The number of sulfonamides is 1. The van der Waals surface area contributed by atoms with Gasteiger partial charge < -0.3 is 5.32 Å². The molecule has 0 saturated heterocycles. The Morgan fingerprint density at radius 2 is 1.68 bits per heavy atom. The molecule has 1 heterocycles. The summed E-state index contributed by atoms with van der Waals surface area (Å²) in [6.45, 7) is 0. The summed E-state index contributed by atoms with van der Waals surface area (Å²) in [6.07, 6.45) is 1.03. The van der Waals surface area contributed by atoms with Crippen molar-refractivity contribution in [3.05, 3.63) is 59.0 Å². The van der Waals surface area contributed by atoms with Crippen molar-refractivity contribution in [3.63, 3.8) is 0 Å². The van der Waals surface area contributed by atoms with Gasteiger partial charge in [0.1, 0.15) is 0 Å². The number of carbonyl (C=O) groups is 1. The van der Waals surface area contributed by atoms with Crippen LogP contribution in [0.15, 0.2) is 53.3 Å². The number of benzene rings is 2. The fourth-order valence-electron chi connectivity index (χ4n) is 2.52. The molecule has 0 spiro atoms. The number of nitrogens with one attached hydrogen (secondary N) is 2. The predicted molar refractivity (Wildman–Crippen MR) is 96.5 cm³/mol. The molecule has 0 aliphatic rings. The molecule has 0 atom stereocenters. The van der Waals surface area contributed by atoms with Crippen molar-refractivity contribution in [1.82, 2.24) is 9.13 Å². The Morgan fingerprint density at radius 3 is 2.32 bits per heavy atom. The Morgan fingerprint density at radius 1 is 1.00 bits per heavy atom. The van der Waals surface area contributed by atoms with Crippen molar-refractivity contribution in [2.75, 3.05) is 16.3 Å². The van der Waals surface area contributed by atoms with E-state index in [1.54, 1.807) is 37.4 Å². The van der Waals surface area contributed by atoms with E-state index in [2.05, 4.69) is 10.0 Å². The average molecular weight is 360 g/mol. The van der Waals surface area contributed by atoms with Gasteiger partial charge >= 0.3 is 11.7 Å². The van der Waals surface area contributed by atoms with Gasteiger partial charge in [-0.05, 0) is 30.3 Å². The lowest BCUT2D eigenvalue weighted by molar-refractivity contribution is 0.253. The van der Waals surface area contributed by atoms with Gasteiger partial charge in [-0.2, -0.15) is 0 Å². The molecule has 0 radical (unpaired) electrons. The fourth-order valence-corrected chi connectivity index (χ4v) is 3.07. The molecular formula is C16H16N4O4S. The van der Waals surface area contributed by atoms with Gasteiger partial charge in [0.25, 0.3) is 0 Å². The van der Waals surface area contributed by atoms with E-state index in [4.69, 9.17) is 0 Å². The van der Waals surface area contributed by atoms with Crippen LogP contribution in [0.5, 0.6) is 0 Å². The number of para-hydroxylation sites is 1. The molecule has 2 aromatic carbocycles. The van der Waals surface area contributed by atoms with E-state index in [9.17, 15) is 18.0 Å². The van der Waals surface area contributed by atoms with Gasteiger partial charge in [0.05, 0.1) is 23.0 Å². The van der Waals surface area contributed by atoms with E-state index in [1.165, 1.54) is 16.7 Å². The van der Waals surface area contributed by atoms with Crippen LogP contribution in [0, 0.1) is 0 Å². The second kappa shape index (κ2) is 6.10. The Labute approximate surface area is 143 Å². The first-order valence-electron chi connectivity index (χ1n) is 7.32. The zero-order chi connectivity index (χ0) is 18.2. The van der Waals surface area contributed by atoms with E-state index >= 15 is 0 Å². The summed E-state index contributed by atoms with van der Waals surface area (Å²) >= 11 is 0.